The summed E-state index contributed by atoms with van der Waals surface area (Å²) in [6.07, 6.45) is 15.3. The van der Waals surface area contributed by atoms with Crippen molar-refractivity contribution in [3.05, 3.63) is 46.4 Å². The Morgan fingerprint density at radius 3 is 2.65 bits per heavy atom. The number of carbonyl (C=O) groups excluding carboxylic acids is 1. The molecule has 4 aliphatic rings. The minimum atomic E-state index is -0.212. The maximum absolute atomic E-state index is 12.0. The smallest absolute Gasteiger partial charge is 0.236 e. The van der Waals surface area contributed by atoms with E-state index in [4.69, 9.17) is 22.3 Å². The molecule has 0 aromatic carbocycles. The van der Waals surface area contributed by atoms with E-state index in [0.29, 0.717) is 28.2 Å². The van der Waals surface area contributed by atoms with E-state index in [1.54, 1.807) is 18.5 Å². The monoisotopic (exact) mass is 522 g/mol. The van der Waals surface area contributed by atoms with E-state index in [0.717, 1.165) is 68.6 Å². The minimum Gasteiger partial charge on any atom is -0.391 e. The highest BCUT2D eigenvalue weighted by atomic mass is 35.5. The van der Waals surface area contributed by atoms with E-state index in [9.17, 15) is 4.79 Å². The lowest BCUT2D eigenvalue weighted by atomic mass is 9.67. The summed E-state index contributed by atoms with van der Waals surface area (Å²) in [5.74, 6) is 0.377. The number of nitrogens with zero attached hydrogens (tertiary/aromatic N) is 4. The molecule has 2 fully saturated rings. The van der Waals surface area contributed by atoms with Crippen LogP contribution in [0.4, 0.5) is 0 Å². The highest BCUT2D eigenvalue weighted by molar-refractivity contribution is 6.31. The lowest BCUT2D eigenvalue weighted by Gasteiger charge is -2.46. The number of guanidine groups is 1. The second-order valence-electron chi connectivity index (χ2n) is 10.1. The van der Waals surface area contributed by atoms with Crippen LogP contribution in [0.5, 0.6) is 0 Å². The van der Waals surface area contributed by atoms with Crippen molar-refractivity contribution in [2.45, 2.75) is 64.0 Å². The summed E-state index contributed by atoms with van der Waals surface area (Å²) in [5.41, 5.74) is 3.24. The molecule has 2 heterocycles. The van der Waals surface area contributed by atoms with Crippen molar-refractivity contribution in [2.24, 2.45) is 15.4 Å². The van der Waals surface area contributed by atoms with Crippen LogP contribution in [0, 0.1) is 22.2 Å². The van der Waals surface area contributed by atoms with E-state index < -0.39 is 0 Å². The molecule has 2 aliphatic heterocycles. The van der Waals surface area contributed by atoms with E-state index in [-0.39, 0.29) is 18.4 Å². The van der Waals surface area contributed by atoms with Gasteiger partial charge in [0.25, 0.3) is 0 Å². The van der Waals surface area contributed by atoms with Gasteiger partial charge < -0.3 is 26.3 Å². The molecular weight excluding hydrogens is 488 g/mol. The topological polar surface area (TPSA) is 129 Å². The molecule has 37 heavy (non-hydrogen) atoms. The van der Waals surface area contributed by atoms with Gasteiger partial charge in [0.05, 0.1) is 22.9 Å². The van der Waals surface area contributed by atoms with Gasteiger partial charge in [-0.2, -0.15) is 5.26 Å². The van der Waals surface area contributed by atoms with Gasteiger partial charge in [0, 0.05) is 55.6 Å². The van der Waals surface area contributed by atoms with Gasteiger partial charge in [0.1, 0.15) is 6.42 Å². The summed E-state index contributed by atoms with van der Waals surface area (Å²) in [5, 5.41) is 27.5. The number of allylic oxidation sites excluding steroid dienone is 5. The molecule has 9 nitrogen and oxygen atoms in total. The number of hydrogen-bond donors (Lipinski definition) is 4. The van der Waals surface area contributed by atoms with Crippen molar-refractivity contribution in [3.8, 4) is 6.07 Å². The second kappa shape index (κ2) is 11.9. The molecule has 1 atom stereocenters. The van der Waals surface area contributed by atoms with E-state index in [2.05, 4.69) is 25.9 Å². The Labute approximate surface area is 223 Å². The van der Waals surface area contributed by atoms with Crippen molar-refractivity contribution in [1.82, 2.24) is 20.9 Å². The number of carbonyl (C=O) groups is 1. The predicted octanol–water partition coefficient (Wildman–Crippen LogP) is 3.49. The fraction of sp³-hybridized carbons (Fsp3) is 0.519. The van der Waals surface area contributed by atoms with Crippen molar-refractivity contribution in [1.29, 1.82) is 10.7 Å². The van der Waals surface area contributed by atoms with Crippen LogP contribution in [0.3, 0.4) is 0 Å². The third-order valence-electron chi connectivity index (χ3n) is 7.88. The van der Waals surface area contributed by atoms with Crippen LogP contribution in [0.25, 0.3) is 0 Å². The molecule has 0 bridgehead atoms. The Bertz CT molecular complexity index is 1140. The summed E-state index contributed by atoms with van der Waals surface area (Å²) in [7, 11) is 1.84. The first-order valence-electron chi connectivity index (χ1n) is 12.9. The van der Waals surface area contributed by atoms with Gasteiger partial charge in [-0.15, -0.1) is 0 Å². The van der Waals surface area contributed by atoms with Gasteiger partial charge in [0.15, 0.2) is 0 Å². The standard InChI is InChI=1S/C27H35ClN8O/c1-18(31-2)21-4-3-20(15-23(21)30)35-26-32-16-22(28)24(17-33-26)34-19-5-8-27(9-6-19)10-13-36(14-11-27)25(37)7-12-29/h3-4,15-17,19,24,30-31,34H,5-11,13-14H2,1-2H3,(H,32,35)/b21-18-,30-23?. The summed E-state index contributed by atoms with van der Waals surface area (Å²) < 4.78 is 0. The highest BCUT2D eigenvalue weighted by Gasteiger charge is 2.39. The molecule has 4 N–H and O–H groups in total. The molecule has 4 rings (SSSR count). The number of likely N-dealkylation sites (tertiary alicyclic amines) is 1. The van der Waals surface area contributed by atoms with Gasteiger partial charge in [-0.1, -0.05) is 11.6 Å². The predicted molar refractivity (Wildman–Crippen MR) is 147 cm³/mol. The molecule has 1 spiro atoms. The highest BCUT2D eigenvalue weighted by Crippen LogP contribution is 2.44. The average Bonchev–Trinajstić information content (AvgIpc) is 3.07. The number of halogens is 1. The Morgan fingerprint density at radius 2 is 2.00 bits per heavy atom. The number of nitriles is 1. The van der Waals surface area contributed by atoms with Gasteiger partial charge >= 0.3 is 0 Å². The van der Waals surface area contributed by atoms with Crippen molar-refractivity contribution in [2.75, 3.05) is 20.1 Å². The molecule has 2 aliphatic carbocycles. The molecule has 196 valence electrons. The molecule has 1 saturated carbocycles. The molecule has 1 unspecified atom stereocenters. The van der Waals surface area contributed by atoms with Crippen molar-refractivity contribution < 1.29 is 4.79 Å². The Hall–Kier alpha value is -3.22. The molecule has 1 amide bonds. The van der Waals surface area contributed by atoms with Crippen LogP contribution in [0.15, 0.2) is 56.4 Å². The summed E-state index contributed by atoms with van der Waals surface area (Å²) in [6.45, 7) is 3.45. The molecule has 1 saturated heterocycles. The number of rotatable bonds is 5. The first kappa shape index (κ1) is 26.8. The Kier molecular flexibility index (Phi) is 8.62. The van der Waals surface area contributed by atoms with Crippen molar-refractivity contribution in [3.63, 3.8) is 0 Å². The first-order valence-corrected chi connectivity index (χ1v) is 13.2. The largest absolute Gasteiger partial charge is 0.391 e. The molecule has 0 radical (unpaired) electrons. The number of piperidine rings is 1. The fourth-order valence-electron chi connectivity index (χ4n) is 5.41. The third-order valence-corrected chi connectivity index (χ3v) is 8.21. The van der Waals surface area contributed by atoms with E-state index >= 15 is 0 Å². The van der Waals surface area contributed by atoms with Gasteiger partial charge in [0.2, 0.25) is 11.9 Å². The number of nitrogens with one attached hydrogen (secondary N) is 4. The van der Waals surface area contributed by atoms with Crippen LogP contribution in [-0.4, -0.2) is 60.9 Å². The molecule has 0 aromatic rings. The zero-order valence-electron chi connectivity index (χ0n) is 21.5. The van der Waals surface area contributed by atoms with E-state index in [1.807, 2.05) is 37.1 Å². The lowest BCUT2D eigenvalue weighted by molar-refractivity contribution is -0.132. The number of hydrogen-bond acceptors (Lipinski definition) is 8. The molecule has 0 aromatic heterocycles. The van der Waals surface area contributed by atoms with E-state index in [1.165, 1.54) is 0 Å². The molecular formula is C27H35ClN8O. The third kappa shape index (κ3) is 6.56. The van der Waals surface area contributed by atoms with Crippen LogP contribution < -0.4 is 16.0 Å². The summed E-state index contributed by atoms with van der Waals surface area (Å²) in [6, 6.07) is 2.09. The Morgan fingerprint density at radius 1 is 1.27 bits per heavy atom. The van der Waals surface area contributed by atoms with Gasteiger partial charge in [-0.25, -0.2) is 9.98 Å². The van der Waals surface area contributed by atoms with Crippen LogP contribution in [0.2, 0.25) is 0 Å². The van der Waals surface area contributed by atoms with Gasteiger partial charge in [-0.05, 0) is 69.1 Å². The maximum Gasteiger partial charge on any atom is 0.236 e. The Balaban J connectivity index is 1.28. The number of aliphatic imine (C=N–C) groups is 2. The zero-order chi connectivity index (χ0) is 26.4. The first-order chi connectivity index (χ1) is 17.8. The minimum absolute atomic E-state index is 0.0240. The average molecular weight is 523 g/mol. The van der Waals surface area contributed by atoms with Crippen molar-refractivity contribution >= 4 is 35.4 Å². The van der Waals surface area contributed by atoms with Crippen LogP contribution >= 0.6 is 11.6 Å². The fourth-order valence-corrected chi connectivity index (χ4v) is 5.58. The zero-order valence-corrected chi connectivity index (χ0v) is 22.2. The van der Waals surface area contributed by atoms with Crippen LogP contribution in [-0.2, 0) is 4.79 Å². The summed E-state index contributed by atoms with van der Waals surface area (Å²) >= 11 is 6.56. The van der Waals surface area contributed by atoms with Gasteiger partial charge in [-0.3, -0.25) is 4.79 Å². The quantitative estimate of drug-likeness (QED) is 0.439. The normalized spacial score (nSPS) is 25.0. The number of amides is 1. The summed E-state index contributed by atoms with van der Waals surface area (Å²) in [4.78, 5) is 22.8. The SMILES string of the molecule is CN/C(C)=C1/C=CC(NC2=NC=C(Cl)C(NC3CCC4(CC3)CCN(C(=O)CC#N)CC4)C=N2)=CC1=N. The molecule has 10 heteroatoms. The van der Waals surface area contributed by atoms with Crippen LogP contribution in [0.1, 0.15) is 51.9 Å². The second-order valence-corrected chi connectivity index (χ2v) is 10.6. The maximum atomic E-state index is 12.0. The lowest BCUT2D eigenvalue weighted by Crippen LogP contribution is -2.48.